The van der Waals surface area contributed by atoms with E-state index in [9.17, 15) is 14.7 Å². The highest BCUT2D eigenvalue weighted by molar-refractivity contribution is 9.10. The lowest BCUT2D eigenvalue weighted by Gasteiger charge is -2.21. The number of cyclic esters (lactones) is 1. The van der Waals surface area contributed by atoms with Crippen molar-refractivity contribution in [3.05, 3.63) is 34.3 Å². The summed E-state index contributed by atoms with van der Waals surface area (Å²) < 4.78 is 6.03. The fraction of sp³-hybridized carbons (Fsp3) is 0.429. The number of halogens is 1. The number of nitrogens with zero attached hydrogens (tertiary/aromatic N) is 1. The Balaban J connectivity index is 2.22. The third-order valence-electron chi connectivity index (χ3n) is 3.30. The third-order valence-corrected chi connectivity index (χ3v) is 4.07. The summed E-state index contributed by atoms with van der Waals surface area (Å²) >= 11 is 3.40. The fourth-order valence-electron chi connectivity index (χ4n) is 2.34. The largest absolute Gasteiger partial charge is 0.480 e. The SMILES string of the molecule is CCC[C@@H]1OC(=O)N(Cc2ccccc2Br)[C@H]1C(=O)O. The highest BCUT2D eigenvalue weighted by atomic mass is 79.9. The van der Waals surface area contributed by atoms with E-state index in [0.29, 0.717) is 6.42 Å². The van der Waals surface area contributed by atoms with Crippen molar-refractivity contribution in [2.24, 2.45) is 0 Å². The molecule has 0 aliphatic carbocycles. The zero-order valence-electron chi connectivity index (χ0n) is 11.1. The van der Waals surface area contributed by atoms with Gasteiger partial charge in [-0.05, 0) is 18.1 Å². The van der Waals surface area contributed by atoms with Crippen LogP contribution in [0.4, 0.5) is 4.79 Å². The molecule has 1 aliphatic heterocycles. The zero-order valence-corrected chi connectivity index (χ0v) is 12.7. The Bertz CT molecular complexity index is 520. The second kappa shape index (κ2) is 6.26. The summed E-state index contributed by atoms with van der Waals surface area (Å²) in [4.78, 5) is 24.6. The molecule has 20 heavy (non-hydrogen) atoms. The van der Waals surface area contributed by atoms with Crippen LogP contribution in [0.5, 0.6) is 0 Å². The molecule has 6 heteroatoms. The Morgan fingerprint density at radius 3 is 2.75 bits per heavy atom. The maximum Gasteiger partial charge on any atom is 0.411 e. The first-order valence-electron chi connectivity index (χ1n) is 6.48. The van der Waals surface area contributed by atoms with Crippen LogP contribution in [0.15, 0.2) is 28.7 Å². The van der Waals surface area contributed by atoms with Gasteiger partial charge in [0, 0.05) is 4.47 Å². The number of aliphatic carboxylic acids is 1. The molecule has 1 N–H and O–H groups in total. The maximum absolute atomic E-state index is 11.9. The molecule has 1 amide bonds. The molecule has 1 fully saturated rings. The quantitative estimate of drug-likeness (QED) is 0.893. The minimum Gasteiger partial charge on any atom is -0.480 e. The van der Waals surface area contributed by atoms with Gasteiger partial charge >= 0.3 is 12.1 Å². The fourth-order valence-corrected chi connectivity index (χ4v) is 2.75. The van der Waals surface area contributed by atoms with Crippen molar-refractivity contribution >= 4 is 28.0 Å². The molecule has 0 spiro atoms. The molecule has 0 unspecified atom stereocenters. The third kappa shape index (κ3) is 2.95. The van der Waals surface area contributed by atoms with Crippen molar-refractivity contribution < 1.29 is 19.4 Å². The zero-order chi connectivity index (χ0) is 14.7. The Morgan fingerprint density at radius 2 is 2.15 bits per heavy atom. The number of carbonyl (C=O) groups is 2. The van der Waals surface area contributed by atoms with E-state index >= 15 is 0 Å². The first kappa shape index (κ1) is 14.8. The summed E-state index contributed by atoms with van der Waals surface area (Å²) in [6.07, 6.45) is 0.179. The number of carboxylic acids is 1. The van der Waals surface area contributed by atoms with Crippen molar-refractivity contribution in [1.82, 2.24) is 4.90 Å². The number of carboxylic acid groups (broad SMARTS) is 1. The molecule has 2 rings (SSSR count). The summed E-state index contributed by atoms with van der Waals surface area (Å²) in [7, 11) is 0. The topological polar surface area (TPSA) is 66.8 Å². The average Bonchev–Trinajstić information content (AvgIpc) is 2.69. The van der Waals surface area contributed by atoms with E-state index in [1.165, 1.54) is 4.90 Å². The predicted octanol–water partition coefficient (Wildman–Crippen LogP) is 3.02. The van der Waals surface area contributed by atoms with E-state index in [-0.39, 0.29) is 6.54 Å². The normalized spacial score (nSPS) is 21.9. The number of rotatable bonds is 5. The number of hydrogen-bond donors (Lipinski definition) is 1. The molecular weight excluding hydrogens is 326 g/mol. The number of amides is 1. The number of benzene rings is 1. The highest BCUT2D eigenvalue weighted by Gasteiger charge is 2.45. The number of ether oxygens (including phenoxy) is 1. The van der Waals surface area contributed by atoms with Crippen molar-refractivity contribution in [2.75, 3.05) is 0 Å². The van der Waals surface area contributed by atoms with Gasteiger partial charge in [-0.25, -0.2) is 9.59 Å². The van der Waals surface area contributed by atoms with Crippen LogP contribution in [0.2, 0.25) is 0 Å². The molecular formula is C14H16BrNO4. The van der Waals surface area contributed by atoms with Gasteiger partial charge in [0.1, 0.15) is 6.10 Å². The van der Waals surface area contributed by atoms with E-state index in [2.05, 4.69) is 15.9 Å². The van der Waals surface area contributed by atoms with E-state index < -0.39 is 24.2 Å². The van der Waals surface area contributed by atoms with E-state index in [1.807, 2.05) is 31.2 Å². The van der Waals surface area contributed by atoms with Crippen LogP contribution >= 0.6 is 15.9 Å². The Morgan fingerprint density at radius 1 is 1.45 bits per heavy atom. The molecule has 0 aromatic heterocycles. The van der Waals surface area contributed by atoms with Gasteiger partial charge in [0.25, 0.3) is 0 Å². The molecule has 1 saturated heterocycles. The predicted molar refractivity (Wildman–Crippen MR) is 76.3 cm³/mol. The molecule has 5 nitrogen and oxygen atoms in total. The van der Waals surface area contributed by atoms with Gasteiger partial charge in [-0.3, -0.25) is 4.90 Å². The summed E-state index contributed by atoms with van der Waals surface area (Å²) in [6, 6.07) is 6.50. The molecule has 0 bridgehead atoms. The standard InChI is InChI=1S/C14H16BrNO4/c1-2-5-11-12(13(17)18)16(14(19)20-11)8-9-6-3-4-7-10(9)15/h3-4,6-7,11-12H,2,5,8H2,1H3,(H,17,18)/t11-,12+/m0/s1. The Labute approximate surface area is 125 Å². The molecule has 2 atom stereocenters. The monoisotopic (exact) mass is 341 g/mol. The second-order valence-electron chi connectivity index (χ2n) is 4.71. The average molecular weight is 342 g/mol. The first-order chi connectivity index (χ1) is 9.54. The van der Waals surface area contributed by atoms with Crippen LogP contribution in [-0.4, -0.2) is 34.2 Å². The second-order valence-corrected chi connectivity index (χ2v) is 5.57. The molecule has 1 heterocycles. The summed E-state index contributed by atoms with van der Waals surface area (Å²) in [5, 5.41) is 9.36. The summed E-state index contributed by atoms with van der Waals surface area (Å²) in [6.45, 7) is 2.15. The van der Waals surface area contributed by atoms with Gasteiger partial charge in [-0.15, -0.1) is 0 Å². The first-order valence-corrected chi connectivity index (χ1v) is 7.27. The van der Waals surface area contributed by atoms with Crippen LogP contribution in [0, 0.1) is 0 Å². The lowest BCUT2D eigenvalue weighted by atomic mass is 10.1. The van der Waals surface area contributed by atoms with Crippen LogP contribution in [0.3, 0.4) is 0 Å². The van der Waals surface area contributed by atoms with E-state index in [0.717, 1.165) is 16.5 Å². The van der Waals surface area contributed by atoms with Crippen LogP contribution in [-0.2, 0) is 16.1 Å². The molecule has 0 saturated carbocycles. The van der Waals surface area contributed by atoms with Crippen molar-refractivity contribution in [3.63, 3.8) is 0 Å². The molecule has 108 valence electrons. The van der Waals surface area contributed by atoms with Crippen LogP contribution in [0.25, 0.3) is 0 Å². The summed E-state index contributed by atoms with van der Waals surface area (Å²) in [5.41, 5.74) is 0.854. The molecule has 1 aromatic rings. The highest BCUT2D eigenvalue weighted by Crippen LogP contribution is 2.27. The number of hydrogen-bond acceptors (Lipinski definition) is 3. The lowest BCUT2D eigenvalue weighted by Crippen LogP contribution is -2.42. The molecule has 0 radical (unpaired) electrons. The van der Waals surface area contributed by atoms with Crippen LogP contribution in [0.1, 0.15) is 25.3 Å². The van der Waals surface area contributed by atoms with Gasteiger partial charge in [-0.2, -0.15) is 0 Å². The van der Waals surface area contributed by atoms with Gasteiger partial charge in [-0.1, -0.05) is 47.5 Å². The van der Waals surface area contributed by atoms with Crippen molar-refractivity contribution in [1.29, 1.82) is 0 Å². The van der Waals surface area contributed by atoms with Gasteiger partial charge in [0.05, 0.1) is 6.54 Å². The van der Waals surface area contributed by atoms with Crippen molar-refractivity contribution in [3.8, 4) is 0 Å². The van der Waals surface area contributed by atoms with Gasteiger partial charge < -0.3 is 9.84 Å². The summed E-state index contributed by atoms with van der Waals surface area (Å²) in [5.74, 6) is -1.03. The Kier molecular flexibility index (Phi) is 4.65. The molecule has 1 aromatic carbocycles. The van der Waals surface area contributed by atoms with Gasteiger partial charge in [0.15, 0.2) is 6.04 Å². The van der Waals surface area contributed by atoms with E-state index in [4.69, 9.17) is 4.74 Å². The Hall–Kier alpha value is -1.56. The van der Waals surface area contributed by atoms with Crippen LogP contribution < -0.4 is 0 Å². The smallest absolute Gasteiger partial charge is 0.411 e. The molecule has 1 aliphatic rings. The minimum atomic E-state index is -1.03. The van der Waals surface area contributed by atoms with Crippen molar-refractivity contribution in [2.45, 2.75) is 38.5 Å². The lowest BCUT2D eigenvalue weighted by molar-refractivity contribution is -0.143. The van der Waals surface area contributed by atoms with E-state index in [1.54, 1.807) is 0 Å². The maximum atomic E-state index is 11.9. The van der Waals surface area contributed by atoms with Gasteiger partial charge in [0.2, 0.25) is 0 Å². The number of carbonyl (C=O) groups excluding carboxylic acids is 1. The minimum absolute atomic E-state index is 0.220.